The van der Waals surface area contributed by atoms with Crippen LogP contribution in [-0.4, -0.2) is 6.04 Å². The summed E-state index contributed by atoms with van der Waals surface area (Å²) in [6.07, 6.45) is -0.673. The minimum Gasteiger partial charge on any atom is -0.461 e. The number of rotatable bonds is 2. The molecule has 1 aromatic carbocycles. The van der Waals surface area contributed by atoms with E-state index in [-0.39, 0.29) is 5.39 Å². The first-order valence-corrected chi connectivity index (χ1v) is 4.35. The minimum absolute atomic E-state index is 0.280. The van der Waals surface area contributed by atoms with E-state index in [2.05, 4.69) is 0 Å². The molecule has 2 rings (SSSR count). The van der Waals surface area contributed by atoms with Gasteiger partial charge in [-0.2, -0.15) is 0 Å². The molecule has 3 heteroatoms. The Morgan fingerprint density at radius 1 is 1.64 bits per heavy atom. The lowest BCUT2D eigenvalue weighted by Gasteiger charge is -2.04. The van der Waals surface area contributed by atoms with Gasteiger partial charge in [0.2, 0.25) is 0 Å². The number of nitrogens with two attached hydrogens (primary N) is 1. The number of halogens is 1. The van der Waals surface area contributed by atoms with Crippen molar-refractivity contribution in [3.8, 4) is 0 Å². The highest BCUT2D eigenvalue weighted by molar-refractivity contribution is 5.78. The van der Waals surface area contributed by atoms with E-state index in [1.54, 1.807) is 19.1 Å². The summed E-state index contributed by atoms with van der Waals surface area (Å²) in [7, 11) is 0. The molecule has 1 atom stereocenters. The van der Waals surface area contributed by atoms with E-state index in [0.29, 0.717) is 11.1 Å². The molecule has 0 aliphatic carbocycles. The van der Waals surface area contributed by atoms with Crippen molar-refractivity contribution < 1.29 is 11.5 Å². The van der Waals surface area contributed by atoms with Crippen LogP contribution in [0.25, 0.3) is 11.0 Å². The molecule has 1 heterocycles. The van der Waals surface area contributed by atoms with Crippen LogP contribution in [0, 0.1) is 5.82 Å². The van der Waals surface area contributed by atoms with Crippen LogP contribution in [0.1, 0.15) is 15.2 Å². The lowest BCUT2D eigenvalue weighted by Crippen LogP contribution is -2.17. The van der Waals surface area contributed by atoms with Gasteiger partial charge < -0.3 is 10.2 Å². The highest BCUT2D eigenvalue weighted by Gasteiger charge is 2.06. The fraction of sp³-hybridized carbons (Fsp3) is 0.273. The molecule has 0 aliphatic rings. The Morgan fingerprint density at radius 2 is 2.43 bits per heavy atom. The Kier molecular flexibility index (Phi) is 1.71. The van der Waals surface area contributed by atoms with E-state index in [9.17, 15) is 4.39 Å². The molecule has 0 spiro atoms. The number of benzene rings is 1. The van der Waals surface area contributed by atoms with Gasteiger partial charge >= 0.3 is 0 Å². The Morgan fingerprint density at radius 3 is 3.14 bits per heavy atom. The summed E-state index contributed by atoms with van der Waals surface area (Å²) in [4.78, 5) is 0. The highest BCUT2D eigenvalue weighted by Crippen LogP contribution is 2.21. The SMILES string of the molecule is [2H]C([2H])(c1ccc2occ(F)c2c1)C(C)N. The molecule has 0 fully saturated rings. The molecule has 0 saturated heterocycles. The molecule has 2 nitrogen and oxygen atoms in total. The smallest absolute Gasteiger partial charge is 0.169 e. The first kappa shape index (κ1) is 7.01. The van der Waals surface area contributed by atoms with E-state index in [4.69, 9.17) is 12.9 Å². The third kappa shape index (κ3) is 1.63. The molecule has 2 aromatic rings. The topological polar surface area (TPSA) is 39.2 Å². The monoisotopic (exact) mass is 195 g/mol. The molecule has 1 aromatic heterocycles. The van der Waals surface area contributed by atoms with Gasteiger partial charge in [0.05, 0.1) is 5.39 Å². The number of furan rings is 1. The maximum absolute atomic E-state index is 13.3. The van der Waals surface area contributed by atoms with Crippen molar-refractivity contribution in [1.82, 2.24) is 0 Å². The average molecular weight is 195 g/mol. The lowest BCUT2D eigenvalue weighted by molar-refractivity contribution is 0.558. The van der Waals surface area contributed by atoms with Gasteiger partial charge in [0.15, 0.2) is 5.82 Å². The first-order valence-electron chi connectivity index (χ1n) is 5.35. The van der Waals surface area contributed by atoms with Crippen molar-refractivity contribution >= 4 is 11.0 Å². The zero-order valence-corrected chi connectivity index (χ0v) is 7.75. The molecule has 74 valence electrons. The van der Waals surface area contributed by atoms with Gasteiger partial charge in [-0.05, 0) is 31.0 Å². The van der Waals surface area contributed by atoms with Gasteiger partial charge in [0.25, 0.3) is 0 Å². The summed E-state index contributed by atoms with van der Waals surface area (Å²) in [5, 5.41) is 0.280. The van der Waals surface area contributed by atoms with Crippen molar-refractivity contribution in [3.05, 3.63) is 35.8 Å². The predicted octanol–water partition coefficient (Wildman–Crippen LogP) is 2.46. The summed E-state index contributed by atoms with van der Waals surface area (Å²) in [6, 6.07) is 3.89. The Labute approximate surface area is 84.3 Å². The first-order chi connectivity index (χ1) is 7.43. The molecule has 0 saturated carbocycles. The second-order valence-electron chi connectivity index (χ2n) is 3.23. The third-order valence-corrected chi connectivity index (χ3v) is 1.92. The zero-order chi connectivity index (χ0) is 11.9. The van der Waals surface area contributed by atoms with Gasteiger partial charge in [-0.3, -0.25) is 0 Å². The van der Waals surface area contributed by atoms with Crippen molar-refractivity contribution in [2.45, 2.75) is 19.3 Å². The van der Waals surface area contributed by atoms with Crippen LogP contribution in [0.2, 0.25) is 0 Å². The fourth-order valence-electron chi connectivity index (χ4n) is 1.35. The minimum atomic E-state index is -1.68. The van der Waals surface area contributed by atoms with Gasteiger partial charge in [0, 0.05) is 8.78 Å². The number of hydrogen-bond acceptors (Lipinski definition) is 2. The molecule has 0 radical (unpaired) electrons. The van der Waals surface area contributed by atoms with Crippen LogP contribution >= 0.6 is 0 Å². The fourth-order valence-corrected chi connectivity index (χ4v) is 1.35. The molecule has 14 heavy (non-hydrogen) atoms. The van der Waals surface area contributed by atoms with E-state index in [0.717, 1.165) is 6.26 Å². The Bertz CT molecular complexity index is 522. The molecule has 0 amide bonds. The van der Waals surface area contributed by atoms with Crippen LogP contribution in [-0.2, 0) is 6.37 Å². The molecule has 0 bridgehead atoms. The van der Waals surface area contributed by atoms with E-state index < -0.39 is 18.2 Å². The zero-order valence-electron chi connectivity index (χ0n) is 9.75. The maximum Gasteiger partial charge on any atom is 0.169 e. The number of hydrogen-bond donors (Lipinski definition) is 1. The molecule has 1 unspecified atom stereocenters. The third-order valence-electron chi connectivity index (χ3n) is 1.92. The summed E-state index contributed by atoms with van der Waals surface area (Å²) in [5.74, 6) is -0.489. The van der Waals surface area contributed by atoms with Gasteiger partial charge in [-0.1, -0.05) is 6.07 Å². The van der Waals surface area contributed by atoms with Crippen LogP contribution < -0.4 is 5.73 Å². The quantitative estimate of drug-likeness (QED) is 0.799. The predicted molar refractivity (Wildman–Crippen MR) is 53.5 cm³/mol. The second kappa shape index (κ2) is 3.42. The van der Waals surface area contributed by atoms with Crippen LogP contribution in [0.3, 0.4) is 0 Å². The van der Waals surface area contributed by atoms with Gasteiger partial charge in [-0.25, -0.2) is 4.39 Å². The molecular weight excluding hydrogens is 181 g/mol. The highest BCUT2D eigenvalue weighted by atomic mass is 19.1. The standard InChI is InChI=1S/C11H12FNO/c1-7(13)4-8-2-3-11-9(5-8)10(12)6-14-11/h2-3,5-7H,4,13H2,1H3/i4D2. The van der Waals surface area contributed by atoms with Crippen LogP contribution in [0.5, 0.6) is 0 Å². The van der Waals surface area contributed by atoms with Gasteiger partial charge in [-0.15, -0.1) is 0 Å². The Hall–Kier alpha value is -1.35. The summed E-state index contributed by atoms with van der Waals surface area (Å²) in [6.45, 7) is 1.58. The van der Waals surface area contributed by atoms with Crippen molar-refractivity contribution in [1.29, 1.82) is 0 Å². The van der Waals surface area contributed by atoms with E-state index in [1.807, 2.05) is 0 Å². The van der Waals surface area contributed by atoms with Gasteiger partial charge in [0.1, 0.15) is 11.8 Å². The Balaban J connectivity index is 2.58. The van der Waals surface area contributed by atoms with Crippen LogP contribution in [0.4, 0.5) is 4.39 Å². The summed E-state index contributed by atoms with van der Waals surface area (Å²) < 4.78 is 33.8. The lowest BCUT2D eigenvalue weighted by atomic mass is 10.1. The van der Waals surface area contributed by atoms with E-state index >= 15 is 0 Å². The maximum atomic E-state index is 13.3. The summed E-state index contributed by atoms with van der Waals surface area (Å²) >= 11 is 0. The number of fused-ring (bicyclic) bond motifs is 1. The average Bonchev–Trinajstić information content (AvgIpc) is 2.60. The second-order valence-corrected chi connectivity index (χ2v) is 3.23. The van der Waals surface area contributed by atoms with Crippen molar-refractivity contribution in [2.24, 2.45) is 5.73 Å². The molecular formula is C11H12FNO. The van der Waals surface area contributed by atoms with Crippen molar-refractivity contribution in [2.75, 3.05) is 0 Å². The summed E-state index contributed by atoms with van der Waals surface area (Å²) in [5.41, 5.74) is 6.33. The van der Waals surface area contributed by atoms with Crippen molar-refractivity contribution in [3.63, 3.8) is 0 Å². The van der Waals surface area contributed by atoms with Crippen LogP contribution in [0.15, 0.2) is 28.9 Å². The van der Waals surface area contributed by atoms with E-state index in [1.165, 1.54) is 6.07 Å². The molecule has 2 N–H and O–H groups in total. The largest absolute Gasteiger partial charge is 0.461 e. The molecule has 0 aliphatic heterocycles. The normalized spacial score (nSPS) is 16.5.